The van der Waals surface area contributed by atoms with Gasteiger partial charge in [-0.1, -0.05) is 0 Å². The molecule has 1 aliphatic heterocycles. The molecule has 0 aromatic heterocycles. The van der Waals surface area contributed by atoms with Crippen LogP contribution in [0.15, 0.2) is 23.1 Å². The van der Waals surface area contributed by atoms with Gasteiger partial charge in [0, 0.05) is 6.54 Å². The van der Waals surface area contributed by atoms with E-state index in [1.165, 1.54) is 6.07 Å². The molecule has 1 heterocycles. The van der Waals surface area contributed by atoms with E-state index >= 15 is 0 Å². The fourth-order valence-corrected chi connectivity index (χ4v) is 4.52. The molecule has 0 radical (unpaired) electrons. The molecule has 1 N–H and O–H groups in total. The summed E-state index contributed by atoms with van der Waals surface area (Å²) >= 11 is 0. The third-order valence-corrected chi connectivity index (χ3v) is 5.83. The summed E-state index contributed by atoms with van der Waals surface area (Å²) in [5.74, 6) is -2.98. The Kier molecular flexibility index (Phi) is 5.43. The molecule has 1 atom stereocenters. The number of hydrogen-bond donors (Lipinski definition) is 1. The number of esters is 2. The van der Waals surface area contributed by atoms with Gasteiger partial charge in [-0.05, 0) is 31.0 Å². The van der Waals surface area contributed by atoms with Gasteiger partial charge in [-0.15, -0.1) is 0 Å². The number of carboxylic acid groups (broad SMARTS) is 1. The number of benzene rings is 1. The SMILES string of the molecule is COC(=O)c1ccc(C(=O)OC)c(S(=O)(=O)N2CCC[C@H]2C(=O)O)c1. The first-order valence-electron chi connectivity index (χ1n) is 7.29. The smallest absolute Gasteiger partial charge is 0.339 e. The van der Waals surface area contributed by atoms with E-state index in [1.807, 2.05) is 0 Å². The topological polar surface area (TPSA) is 127 Å². The molecule has 0 saturated carbocycles. The highest BCUT2D eigenvalue weighted by Gasteiger charge is 2.41. The van der Waals surface area contributed by atoms with Crippen molar-refractivity contribution in [1.29, 1.82) is 0 Å². The number of methoxy groups -OCH3 is 2. The van der Waals surface area contributed by atoms with Gasteiger partial charge in [0.2, 0.25) is 10.0 Å². The first-order chi connectivity index (χ1) is 11.7. The summed E-state index contributed by atoms with van der Waals surface area (Å²) in [6.07, 6.45) is 0.541. The minimum Gasteiger partial charge on any atom is -0.480 e. The molecule has 25 heavy (non-hydrogen) atoms. The van der Waals surface area contributed by atoms with Crippen molar-refractivity contribution in [3.63, 3.8) is 0 Å². The standard InChI is InChI=1S/C15H17NO8S/c1-23-14(19)9-5-6-10(15(20)24-2)12(8-9)25(21,22)16-7-3-4-11(16)13(17)18/h5-6,8,11H,3-4,7H2,1-2H3,(H,17,18)/t11-/m0/s1. The zero-order valence-electron chi connectivity index (χ0n) is 13.6. The van der Waals surface area contributed by atoms with Crippen molar-refractivity contribution in [3.05, 3.63) is 29.3 Å². The fraction of sp³-hybridized carbons (Fsp3) is 0.400. The summed E-state index contributed by atoms with van der Waals surface area (Å²) in [5, 5.41) is 9.23. The number of rotatable bonds is 5. The second-order valence-electron chi connectivity index (χ2n) is 5.31. The lowest BCUT2D eigenvalue weighted by Crippen LogP contribution is -2.41. The molecular weight excluding hydrogens is 354 g/mol. The Labute approximate surface area is 144 Å². The Hall–Kier alpha value is -2.46. The quantitative estimate of drug-likeness (QED) is 0.741. The van der Waals surface area contributed by atoms with Gasteiger partial charge < -0.3 is 14.6 Å². The van der Waals surface area contributed by atoms with Crippen LogP contribution in [0.25, 0.3) is 0 Å². The molecule has 1 fully saturated rings. The van der Waals surface area contributed by atoms with Crippen LogP contribution >= 0.6 is 0 Å². The largest absolute Gasteiger partial charge is 0.480 e. The van der Waals surface area contributed by atoms with E-state index in [4.69, 9.17) is 0 Å². The van der Waals surface area contributed by atoms with E-state index in [0.717, 1.165) is 30.7 Å². The number of nitrogens with zero attached hydrogens (tertiary/aromatic N) is 1. The molecule has 0 bridgehead atoms. The molecule has 10 heteroatoms. The Morgan fingerprint density at radius 2 is 1.80 bits per heavy atom. The van der Waals surface area contributed by atoms with Crippen LogP contribution in [0.2, 0.25) is 0 Å². The number of sulfonamides is 1. The van der Waals surface area contributed by atoms with Crippen LogP contribution in [0.3, 0.4) is 0 Å². The number of ether oxygens (including phenoxy) is 2. The van der Waals surface area contributed by atoms with Crippen molar-refractivity contribution in [1.82, 2.24) is 4.31 Å². The van der Waals surface area contributed by atoms with Crippen molar-refractivity contribution in [2.24, 2.45) is 0 Å². The molecule has 1 saturated heterocycles. The molecule has 0 amide bonds. The number of carboxylic acids is 1. The maximum absolute atomic E-state index is 13.0. The maximum atomic E-state index is 13.0. The monoisotopic (exact) mass is 371 g/mol. The van der Waals surface area contributed by atoms with E-state index in [9.17, 15) is 27.9 Å². The van der Waals surface area contributed by atoms with Crippen LogP contribution in [0, 0.1) is 0 Å². The van der Waals surface area contributed by atoms with Crippen LogP contribution in [0.5, 0.6) is 0 Å². The van der Waals surface area contributed by atoms with Crippen LogP contribution in [-0.4, -0.2) is 62.5 Å². The molecule has 9 nitrogen and oxygen atoms in total. The zero-order chi connectivity index (χ0) is 18.8. The van der Waals surface area contributed by atoms with Crippen LogP contribution < -0.4 is 0 Å². The second-order valence-corrected chi connectivity index (χ2v) is 7.17. The minimum atomic E-state index is -4.34. The third-order valence-electron chi connectivity index (χ3n) is 3.88. The van der Waals surface area contributed by atoms with E-state index in [-0.39, 0.29) is 24.1 Å². The molecule has 0 spiro atoms. The summed E-state index contributed by atoms with van der Waals surface area (Å²) in [4.78, 5) is 34.4. The van der Waals surface area contributed by atoms with E-state index in [2.05, 4.69) is 9.47 Å². The third kappa shape index (κ3) is 3.49. The second kappa shape index (κ2) is 7.19. The van der Waals surface area contributed by atoms with Gasteiger partial charge in [0.1, 0.15) is 6.04 Å². The minimum absolute atomic E-state index is 0.00235. The summed E-state index contributed by atoms with van der Waals surface area (Å²) in [6, 6.07) is 2.13. The van der Waals surface area contributed by atoms with Gasteiger partial charge in [0.25, 0.3) is 0 Å². The summed E-state index contributed by atoms with van der Waals surface area (Å²) in [7, 11) is -2.12. The average molecular weight is 371 g/mol. The van der Waals surface area contributed by atoms with Gasteiger partial charge in [0.05, 0.1) is 30.2 Å². The van der Waals surface area contributed by atoms with Crippen LogP contribution in [0.4, 0.5) is 0 Å². The Bertz CT molecular complexity index is 817. The number of carbonyl (C=O) groups is 3. The Morgan fingerprint density at radius 3 is 2.36 bits per heavy atom. The van der Waals surface area contributed by atoms with E-state index in [0.29, 0.717) is 6.42 Å². The Morgan fingerprint density at radius 1 is 1.16 bits per heavy atom. The fourth-order valence-electron chi connectivity index (χ4n) is 2.66. The molecule has 0 aliphatic carbocycles. The van der Waals surface area contributed by atoms with Crippen LogP contribution in [0.1, 0.15) is 33.6 Å². The Balaban J connectivity index is 2.63. The van der Waals surface area contributed by atoms with Gasteiger partial charge >= 0.3 is 17.9 Å². The van der Waals surface area contributed by atoms with Gasteiger partial charge in [-0.2, -0.15) is 4.31 Å². The van der Waals surface area contributed by atoms with Crippen molar-refractivity contribution in [2.45, 2.75) is 23.8 Å². The number of hydrogen-bond acceptors (Lipinski definition) is 7. The highest BCUT2D eigenvalue weighted by atomic mass is 32.2. The lowest BCUT2D eigenvalue weighted by Gasteiger charge is -2.22. The normalized spacial score (nSPS) is 17.9. The van der Waals surface area contributed by atoms with E-state index < -0.39 is 38.9 Å². The highest BCUT2D eigenvalue weighted by molar-refractivity contribution is 7.89. The molecule has 136 valence electrons. The summed E-state index contributed by atoms with van der Waals surface area (Å²) in [6.45, 7) is 0.00235. The lowest BCUT2D eigenvalue weighted by molar-refractivity contribution is -0.140. The average Bonchev–Trinajstić information content (AvgIpc) is 3.10. The van der Waals surface area contributed by atoms with Gasteiger partial charge in [0.15, 0.2) is 0 Å². The first kappa shape index (κ1) is 18.9. The molecule has 1 aliphatic rings. The van der Waals surface area contributed by atoms with Crippen molar-refractivity contribution in [2.75, 3.05) is 20.8 Å². The van der Waals surface area contributed by atoms with Crippen LogP contribution in [-0.2, 0) is 24.3 Å². The van der Waals surface area contributed by atoms with E-state index in [1.54, 1.807) is 0 Å². The predicted octanol–water partition coefficient (Wildman–Crippen LogP) is 0.497. The first-order valence-corrected chi connectivity index (χ1v) is 8.73. The highest BCUT2D eigenvalue weighted by Crippen LogP contribution is 2.29. The summed E-state index contributed by atoms with van der Waals surface area (Å²) < 4.78 is 35.9. The number of carbonyl (C=O) groups excluding carboxylic acids is 2. The predicted molar refractivity (Wildman–Crippen MR) is 83.7 cm³/mol. The number of aliphatic carboxylic acids is 1. The lowest BCUT2D eigenvalue weighted by atomic mass is 10.1. The van der Waals surface area contributed by atoms with Gasteiger partial charge in [-0.25, -0.2) is 18.0 Å². The zero-order valence-corrected chi connectivity index (χ0v) is 14.4. The molecule has 2 rings (SSSR count). The van der Waals surface area contributed by atoms with Gasteiger partial charge in [-0.3, -0.25) is 4.79 Å². The molecular formula is C15H17NO8S. The van der Waals surface area contributed by atoms with Crippen molar-refractivity contribution >= 4 is 27.9 Å². The molecule has 1 aromatic rings. The van der Waals surface area contributed by atoms with Crippen molar-refractivity contribution < 1.29 is 37.4 Å². The summed E-state index contributed by atoms with van der Waals surface area (Å²) in [5.41, 5.74) is -0.369. The molecule has 0 unspecified atom stereocenters. The maximum Gasteiger partial charge on any atom is 0.339 e. The van der Waals surface area contributed by atoms with Crippen molar-refractivity contribution in [3.8, 4) is 0 Å². The molecule has 1 aromatic carbocycles.